The van der Waals surface area contributed by atoms with Gasteiger partial charge in [0.1, 0.15) is 5.75 Å². The summed E-state index contributed by atoms with van der Waals surface area (Å²) in [6.45, 7) is 6.49. The number of carbonyl (C=O) groups excluding carboxylic acids is 1. The van der Waals surface area contributed by atoms with Gasteiger partial charge >= 0.3 is 6.36 Å². The van der Waals surface area contributed by atoms with Gasteiger partial charge in [-0.25, -0.2) is 0 Å². The number of nitrogens with one attached hydrogen (secondary N) is 1. The Morgan fingerprint density at radius 2 is 1.52 bits per heavy atom. The summed E-state index contributed by atoms with van der Waals surface area (Å²) in [5, 5.41) is 2.74. The van der Waals surface area contributed by atoms with Crippen molar-refractivity contribution in [2.75, 3.05) is 0 Å². The first-order valence-corrected chi connectivity index (χ1v) is 7.78. The molecule has 134 valence electrons. The molecule has 2 rings (SSSR count). The van der Waals surface area contributed by atoms with E-state index in [4.69, 9.17) is 0 Å². The van der Waals surface area contributed by atoms with Crippen LogP contribution < -0.4 is 10.1 Å². The van der Waals surface area contributed by atoms with Crippen molar-refractivity contribution in [1.29, 1.82) is 0 Å². The van der Waals surface area contributed by atoms with E-state index in [1.54, 1.807) is 12.1 Å². The maximum Gasteiger partial charge on any atom is 0.573 e. The smallest absolute Gasteiger partial charge is 0.406 e. The zero-order valence-electron chi connectivity index (χ0n) is 14.3. The largest absolute Gasteiger partial charge is 0.573 e. The van der Waals surface area contributed by atoms with Crippen molar-refractivity contribution in [3.8, 4) is 5.75 Å². The van der Waals surface area contributed by atoms with Crippen molar-refractivity contribution in [2.45, 2.75) is 39.1 Å². The van der Waals surface area contributed by atoms with Crippen LogP contribution in [0.25, 0.3) is 0 Å². The normalized spacial score (nSPS) is 11.9. The molecule has 0 fully saturated rings. The van der Waals surface area contributed by atoms with Crippen molar-refractivity contribution in [2.24, 2.45) is 0 Å². The van der Waals surface area contributed by atoms with E-state index in [-0.39, 0.29) is 23.6 Å². The molecule has 0 radical (unpaired) electrons. The van der Waals surface area contributed by atoms with Gasteiger partial charge in [0.25, 0.3) is 5.91 Å². The number of halogens is 3. The Morgan fingerprint density at radius 1 is 0.960 bits per heavy atom. The first-order valence-electron chi connectivity index (χ1n) is 7.78. The van der Waals surface area contributed by atoms with Gasteiger partial charge in [0.2, 0.25) is 0 Å². The predicted octanol–water partition coefficient (Wildman–Crippen LogP) is 4.81. The highest BCUT2D eigenvalue weighted by Gasteiger charge is 2.30. The highest BCUT2D eigenvalue weighted by molar-refractivity contribution is 5.94. The van der Waals surface area contributed by atoms with Gasteiger partial charge in [-0.1, -0.05) is 45.0 Å². The Morgan fingerprint density at radius 3 is 2.00 bits per heavy atom. The van der Waals surface area contributed by atoms with Gasteiger partial charge in [0, 0.05) is 12.1 Å². The van der Waals surface area contributed by atoms with Gasteiger partial charge in [-0.3, -0.25) is 4.79 Å². The molecular weight excluding hydrogens is 331 g/mol. The lowest BCUT2D eigenvalue weighted by Gasteiger charge is -2.19. The van der Waals surface area contributed by atoms with Gasteiger partial charge in [0.05, 0.1) is 0 Å². The standard InChI is InChI=1S/C19H20F3NO2/c1-18(2,3)15-8-6-14(7-9-15)17(24)23-12-13-4-10-16(11-5-13)25-19(20,21)22/h4-11H,12H2,1-3H3,(H,23,24). The van der Waals surface area contributed by atoms with E-state index in [1.807, 2.05) is 12.1 Å². The molecule has 6 heteroatoms. The van der Waals surface area contributed by atoms with Crippen molar-refractivity contribution < 1.29 is 22.7 Å². The first-order chi connectivity index (χ1) is 11.5. The number of hydrogen-bond acceptors (Lipinski definition) is 2. The quantitative estimate of drug-likeness (QED) is 0.858. The molecule has 0 aliphatic rings. The van der Waals surface area contributed by atoms with E-state index in [0.29, 0.717) is 11.1 Å². The Labute approximate surface area is 144 Å². The van der Waals surface area contributed by atoms with E-state index in [1.165, 1.54) is 24.3 Å². The van der Waals surface area contributed by atoms with Crippen LogP contribution in [0.2, 0.25) is 0 Å². The second-order valence-electron chi connectivity index (χ2n) is 6.70. The number of carbonyl (C=O) groups is 1. The van der Waals surface area contributed by atoms with Crippen LogP contribution in [-0.4, -0.2) is 12.3 Å². The minimum absolute atomic E-state index is 0.00916. The predicted molar refractivity (Wildman–Crippen MR) is 89.4 cm³/mol. The SMILES string of the molecule is CC(C)(C)c1ccc(C(=O)NCc2ccc(OC(F)(F)F)cc2)cc1. The molecule has 0 spiro atoms. The van der Waals surface area contributed by atoms with Crippen LogP contribution >= 0.6 is 0 Å². The summed E-state index contributed by atoms with van der Waals surface area (Å²) in [5.74, 6) is -0.531. The Bertz CT molecular complexity index is 714. The number of benzene rings is 2. The first kappa shape index (κ1) is 18.8. The molecule has 2 aromatic rings. The highest BCUT2D eigenvalue weighted by Crippen LogP contribution is 2.23. The van der Waals surface area contributed by atoms with E-state index in [2.05, 4.69) is 30.8 Å². The summed E-state index contributed by atoms with van der Waals surface area (Å²) in [4.78, 5) is 12.1. The van der Waals surface area contributed by atoms with E-state index >= 15 is 0 Å². The zero-order valence-corrected chi connectivity index (χ0v) is 14.3. The van der Waals surface area contributed by atoms with E-state index in [0.717, 1.165) is 5.56 Å². The molecule has 0 unspecified atom stereocenters. The summed E-state index contributed by atoms with van der Waals surface area (Å²) in [6, 6.07) is 12.7. The summed E-state index contributed by atoms with van der Waals surface area (Å²) in [7, 11) is 0. The zero-order chi connectivity index (χ0) is 18.7. The lowest BCUT2D eigenvalue weighted by molar-refractivity contribution is -0.274. The second kappa shape index (κ2) is 7.17. The van der Waals surface area contributed by atoms with E-state index in [9.17, 15) is 18.0 Å². The maximum absolute atomic E-state index is 12.1. The minimum Gasteiger partial charge on any atom is -0.406 e. The van der Waals surface area contributed by atoms with Crippen LogP contribution in [0.5, 0.6) is 5.75 Å². The molecule has 1 N–H and O–H groups in total. The third kappa shape index (κ3) is 5.81. The molecule has 0 saturated heterocycles. The molecule has 0 aliphatic carbocycles. The molecule has 1 amide bonds. The molecule has 0 atom stereocenters. The van der Waals surface area contributed by atoms with Gasteiger partial charge in [-0.2, -0.15) is 0 Å². The Hall–Kier alpha value is -2.50. The number of amides is 1. The van der Waals surface area contributed by atoms with Crippen LogP contribution in [0, 0.1) is 0 Å². The fourth-order valence-electron chi connectivity index (χ4n) is 2.21. The molecule has 2 aromatic carbocycles. The van der Waals surface area contributed by atoms with Crippen LogP contribution in [0.4, 0.5) is 13.2 Å². The third-order valence-corrected chi connectivity index (χ3v) is 3.62. The van der Waals surface area contributed by atoms with Gasteiger partial charge in [-0.05, 0) is 40.8 Å². The topological polar surface area (TPSA) is 38.3 Å². The fourth-order valence-corrected chi connectivity index (χ4v) is 2.21. The molecule has 0 aromatic heterocycles. The van der Waals surface area contributed by atoms with Crippen molar-refractivity contribution in [3.05, 3.63) is 65.2 Å². The van der Waals surface area contributed by atoms with Crippen LogP contribution in [0.1, 0.15) is 42.3 Å². The lowest BCUT2D eigenvalue weighted by Crippen LogP contribution is -2.23. The summed E-state index contributed by atoms with van der Waals surface area (Å²) in [5.41, 5.74) is 2.35. The number of hydrogen-bond donors (Lipinski definition) is 1. The van der Waals surface area contributed by atoms with Gasteiger partial charge < -0.3 is 10.1 Å². The molecule has 0 heterocycles. The molecule has 0 aliphatic heterocycles. The van der Waals surface area contributed by atoms with Crippen molar-refractivity contribution in [3.63, 3.8) is 0 Å². The average molecular weight is 351 g/mol. The summed E-state index contributed by atoms with van der Waals surface area (Å²) >= 11 is 0. The molecule has 3 nitrogen and oxygen atoms in total. The molecular formula is C19H20F3NO2. The van der Waals surface area contributed by atoms with Crippen LogP contribution in [0.15, 0.2) is 48.5 Å². The molecule has 0 bridgehead atoms. The highest BCUT2D eigenvalue weighted by atomic mass is 19.4. The minimum atomic E-state index is -4.71. The van der Waals surface area contributed by atoms with Crippen molar-refractivity contribution in [1.82, 2.24) is 5.32 Å². The van der Waals surface area contributed by atoms with Gasteiger partial charge in [-0.15, -0.1) is 13.2 Å². The summed E-state index contributed by atoms with van der Waals surface area (Å²) < 4.78 is 40.1. The van der Waals surface area contributed by atoms with Gasteiger partial charge in [0.15, 0.2) is 0 Å². The number of alkyl halides is 3. The monoisotopic (exact) mass is 351 g/mol. The molecule has 0 saturated carbocycles. The fraction of sp³-hybridized carbons (Fsp3) is 0.316. The lowest BCUT2D eigenvalue weighted by atomic mass is 9.87. The third-order valence-electron chi connectivity index (χ3n) is 3.62. The number of ether oxygens (including phenoxy) is 1. The maximum atomic E-state index is 12.1. The molecule has 25 heavy (non-hydrogen) atoms. The van der Waals surface area contributed by atoms with Crippen molar-refractivity contribution >= 4 is 5.91 Å². The van der Waals surface area contributed by atoms with Crippen LogP contribution in [-0.2, 0) is 12.0 Å². The van der Waals surface area contributed by atoms with Crippen LogP contribution in [0.3, 0.4) is 0 Å². The summed E-state index contributed by atoms with van der Waals surface area (Å²) in [6.07, 6.45) is -4.71. The number of rotatable bonds is 4. The Kier molecular flexibility index (Phi) is 5.40. The average Bonchev–Trinajstić information content (AvgIpc) is 2.52. The van der Waals surface area contributed by atoms with E-state index < -0.39 is 6.36 Å². The Balaban J connectivity index is 1.93. The second-order valence-corrected chi connectivity index (χ2v) is 6.70.